The molecule has 0 radical (unpaired) electrons. The topological polar surface area (TPSA) is 110 Å². The Morgan fingerprint density at radius 1 is 1.13 bits per heavy atom. The number of alkyl halides is 3. The standard InChI is InChI=1S/C23H24ClN3O4.C2HF3O2/c1-25-19-13-15(26-18-5-4-17(24)20(18)19)12-14-2-3-16(22-21(14)30-10-11-31-22)23(28)27-6-8-29-9-7-27;3-2(4,5)1(6)7/h2-4,13H,5-12H2,1H3,(H,25,26);(H,6,7). The number of amides is 1. The summed E-state index contributed by atoms with van der Waals surface area (Å²) in [6, 6.07) is 5.80. The van der Waals surface area contributed by atoms with Crippen LogP contribution in [0.4, 0.5) is 18.9 Å². The van der Waals surface area contributed by atoms with Gasteiger partial charge in [-0.05, 0) is 12.1 Å². The average Bonchev–Trinajstić information content (AvgIpc) is 3.29. The molecule has 1 aromatic carbocycles. The second kappa shape index (κ2) is 11.5. The zero-order valence-corrected chi connectivity index (χ0v) is 21.1. The lowest BCUT2D eigenvalue weighted by Gasteiger charge is -2.29. The molecule has 3 heterocycles. The molecule has 2 aromatic rings. The summed E-state index contributed by atoms with van der Waals surface area (Å²) in [6.45, 7) is 3.15. The summed E-state index contributed by atoms with van der Waals surface area (Å²) < 4.78 is 49.0. The van der Waals surface area contributed by atoms with Crippen LogP contribution in [-0.2, 0) is 22.4 Å². The number of aliphatic carboxylic acids is 1. The van der Waals surface area contributed by atoms with Gasteiger partial charge in [0.05, 0.1) is 24.5 Å². The molecule has 3 aliphatic rings. The molecule has 1 aromatic heterocycles. The number of carbonyl (C=O) groups is 2. The van der Waals surface area contributed by atoms with Gasteiger partial charge >= 0.3 is 12.1 Å². The van der Waals surface area contributed by atoms with Crippen LogP contribution in [0.5, 0.6) is 11.5 Å². The molecule has 9 nitrogen and oxygen atoms in total. The monoisotopic (exact) mass is 555 g/mol. The number of anilines is 1. The lowest BCUT2D eigenvalue weighted by atomic mass is 10.0. The summed E-state index contributed by atoms with van der Waals surface area (Å²) in [5, 5.41) is 11.1. The summed E-state index contributed by atoms with van der Waals surface area (Å²) in [4.78, 5) is 28.6. The molecule has 1 amide bonds. The van der Waals surface area contributed by atoms with Gasteiger partial charge < -0.3 is 29.5 Å². The zero-order valence-electron chi connectivity index (χ0n) is 20.4. The summed E-state index contributed by atoms with van der Waals surface area (Å²) >= 11 is 6.35. The average molecular weight is 556 g/mol. The lowest BCUT2D eigenvalue weighted by Crippen LogP contribution is -2.41. The second-order valence-electron chi connectivity index (χ2n) is 8.50. The Hall–Kier alpha value is -3.51. The normalized spacial score (nSPS) is 16.1. The fraction of sp³-hybridized carbons (Fsp3) is 0.400. The van der Waals surface area contributed by atoms with Crippen molar-refractivity contribution in [2.75, 3.05) is 51.9 Å². The maximum absolute atomic E-state index is 13.1. The molecule has 1 saturated heterocycles. The van der Waals surface area contributed by atoms with E-state index in [1.807, 2.05) is 31.3 Å². The van der Waals surface area contributed by atoms with Gasteiger partial charge in [-0.1, -0.05) is 23.7 Å². The van der Waals surface area contributed by atoms with Crippen LogP contribution in [-0.4, -0.2) is 79.6 Å². The van der Waals surface area contributed by atoms with Crippen molar-refractivity contribution in [2.45, 2.75) is 19.0 Å². The van der Waals surface area contributed by atoms with Crippen molar-refractivity contribution in [1.29, 1.82) is 0 Å². The minimum absolute atomic E-state index is 0.0505. The molecule has 2 N–H and O–H groups in total. The SMILES string of the molecule is CNc1cc(Cc2ccc(C(=O)N3CCOCC3)c3c2OCCO3)nc2c1C(Cl)=CC2.O=C(O)C(F)(F)F. The molecule has 204 valence electrons. The lowest BCUT2D eigenvalue weighted by molar-refractivity contribution is -0.192. The number of aromatic nitrogens is 1. The number of hydrogen-bond donors (Lipinski definition) is 2. The number of carbonyl (C=O) groups excluding carboxylic acids is 1. The largest absolute Gasteiger partial charge is 0.490 e. The van der Waals surface area contributed by atoms with Crippen molar-refractivity contribution in [3.05, 3.63) is 52.4 Å². The van der Waals surface area contributed by atoms with Crippen LogP contribution in [0.15, 0.2) is 24.3 Å². The third-order valence-corrected chi connectivity index (χ3v) is 6.39. The first-order valence-corrected chi connectivity index (χ1v) is 12.1. The molecule has 0 spiro atoms. The first kappa shape index (κ1) is 27.5. The minimum Gasteiger partial charge on any atom is -0.486 e. The Balaban J connectivity index is 0.000000426. The van der Waals surface area contributed by atoms with E-state index >= 15 is 0 Å². The maximum Gasteiger partial charge on any atom is 0.490 e. The van der Waals surface area contributed by atoms with Crippen molar-refractivity contribution in [3.63, 3.8) is 0 Å². The van der Waals surface area contributed by atoms with E-state index in [-0.39, 0.29) is 5.91 Å². The number of benzene rings is 1. The van der Waals surface area contributed by atoms with Gasteiger partial charge in [0.25, 0.3) is 5.91 Å². The van der Waals surface area contributed by atoms with Crippen molar-refractivity contribution >= 4 is 34.2 Å². The molecule has 0 bridgehead atoms. The van der Waals surface area contributed by atoms with Crippen LogP contribution < -0.4 is 14.8 Å². The van der Waals surface area contributed by atoms with Crippen molar-refractivity contribution in [1.82, 2.24) is 9.88 Å². The van der Waals surface area contributed by atoms with E-state index in [1.165, 1.54) is 0 Å². The predicted octanol–water partition coefficient (Wildman–Crippen LogP) is 3.73. The fourth-order valence-corrected chi connectivity index (χ4v) is 4.57. The summed E-state index contributed by atoms with van der Waals surface area (Å²) in [5.41, 5.74) is 5.29. The molecule has 1 fully saturated rings. The Morgan fingerprint density at radius 2 is 1.79 bits per heavy atom. The molecular weight excluding hydrogens is 531 g/mol. The Kier molecular flexibility index (Phi) is 8.32. The second-order valence-corrected chi connectivity index (χ2v) is 8.91. The van der Waals surface area contributed by atoms with E-state index in [0.29, 0.717) is 63.0 Å². The van der Waals surface area contributed by atoms with Crippen LogP contribution in [0.2, 0.25) is 0 Å². The van der Waals surface area contributed by atoms with Gasteiger partial charge in [-0.3, -0.25) is 9.78 Å². The number of rotatable bonds is 4. The first-order valence-electron chi connectivity index (χ1n) is 11.7. The molecule has 13 heteroatoms. The molecule has 2 aliphatic heterocycles. The van der Waals surface area contributed by atoms with Gasteiger partial charge in [0.15, 0.2) is 11.5 Å². The predicted molar refractivity (Wildman–Crippen MR) is 132 cm³/mol. The summed E-state index contributed by atoms with van der Waals surface area (Å²) in [5.74, 6) is -1.65. The highest BCUT2D eigenvalue weighted by atomic mass is 35.5. The number of nitrogens with one attached hydrogen (secondary N) is 1. The molecule has 0 atom stereocenters. The third-order valence-electron chi connectivity index (χ3n) is 6.04. The molecule has 38 heavy (non-hydrogen) atoms. The number of morpholine rings is 1. The van der Waals surface area contributed by atoms with E-state index in [4.69, 9.17) is 40.7 Å². The number of fused-ring (bicyclic) bond motifs is 2. The van der Waals surface area contributed by atoms with Gasteiger partial charge in [-0.2, -0.15) is 13.2 Å². The van der Waals surface area contributed by atoms with E-state index in [2.05, 4.69) is 5.32 Å². The van der Waals surface area contributed by atoms with Crippen LogP contribution >= 0.6 is 11.6 Å². The van der Waals surface area contributed by atoms with Crippen LogP contribution in [0.3, 0.4) is 0 Å². The fourth-order valence-electron chi connectivity index (χ4n) is 4.28. The van der Waals surface area contributed by atoms with Gasteiger partial charge in [-0.15, -0.1) is 0 Å². The Bertz CT molecular complexity index is 1260. The van der Waals surface area contributed by atoms with Crippen molar-refractivity contribution in [2.24, 2.45) is 0 Å². The van der Waals surface area contributed by atoms with Gasteiger partial charge in [0.2, 0.25) is 0 Å². The Labute approximate surface area is 221 Å². The van der Waals surface area contributed by atoms with E-state index < -0.39 is 12.1 Å². The first-order chi connectivity index (χ1) is 18.1. The third kappa shape index (κ3) is 5.97. The van der Waals surface area contributed by atoms with E-state index in [0.717, 1.165) is 39.7 Å². The maximum atomic E-state index is 13.1. The van der Waals surface area contributed by atoms with Gasteiger partial charge in [0, 0.05) is 60.5 Å². The number of carboxylic acids is 1. The number of halogens is 4. The van der Waals surface area contributed by atoms with E-state index in [1.54, 1.807) is 4.90 Å². The number of ether oxygens (including phenoxy) is 3. The van der Waals surface area contributed by atoms with Gasteiger partial charge in [0.1, 0.15) is 13.2 Å². The number of pyridine rings is 1. The van der Waals surface area contributed by atoms with Crippen LogP contribution in [0.25, 0.3) is 5.03 Å². The molecule has 0 saturated carbocycles. The zero-order chi connectivity index (χ0) is 27.4. The minimum atomic E-state index is -5.08. The Morgan fingerprint density at radius 3 is 2.42 bits per heavy atom. The number of hydrogen-bond acceptors (Lipinski definition) is 7. The van der Waals surface area contributed by atoms with E-state index in [9.17, 15) is 18.0 Å². The molecular formula is C25H25ClF3N3O6. The number of nitrogens with zero attached hydrogens (tertiary/aromatic N) is 2. The molecule has 0 unspecified atom stereocenters. The highest BCUT2D eigenvalue weighted by Gasteiger charge is 2.38. The summed E-state index contributed by atoms with van der Waals surface area (Å²) in [7, 11) is 1.88. The quantitative estimate of drug-likeness (QED) is 0.587. The molecule has 1 aliphatic carbocycles. The smallest absolute Gasteiger partial charge is 0.486 e. The van der Waals surface area contributed by atoms with Crippen LogP contribution in [0.1, 0.15) is 32.9 Å². The highest BCUT2D eigenvalue weighted by Crippen LogP contribution is 2.40. The molecule has 5 rings (SSSR count). The van der Waals surface area contributed by atoms with Gasteiger partial charge in [-0.25, -0.2) is 4.79 Å². The number of carboxylic acid groups (broad SMARTS) is 1. The summed E-state index contributed by atoms with van der Waals surface area (Å²) in [6.07, 6.45) is -1.81. The van der Waals surface area contributed by atoms with Crippen LogP contribution in [0, 0.1) is 0 Å². The number of allylic oxidation sites excluding steroid dienone is 1. The van der Waals surface area contributed by atoms with Crippen molar-refractivity contribution in [3.8, 4) is 11.5 Å². The van der Waals surface area contributed by atoms with Crippen molar-refractivity contribution < 1.29 is 42.1 Å². The highest BCUT2D eigenvalue weighted by molar-refractivity contribution is 6.49.